The van der Waals surface area contributed by atoms with E-state index in [0.717, 1.165) is 0 Å². The number of nitrogens with zero attached hydrogens (tertiary/aromatic N) is 3. The number of hydrogen-bond acceptors (Lipinski definition) is 4. The predicted octanol–water partition coefficient (Wildman–Crippen LogP) is 0.675. The molecule has 118 valence electrons. The number of carbonyl (C=O) groups excluding carboxylic acids is 2. The van der Waals surface area contributed by atoms with E-state index in [1.54, 1.807) is 20.3 Å². The molecular formula is C14H25N5O2. The maximum absolute atomic E-state index is 12.4. The van der Waals surface area contributed by atoms with Gasteiger partial charge in [0.05, 0.1) is 17.3 Å². The van der Waals surface area contributed by atoms with Gasteiger partial charge in [0.25, 0.3) is 0 Å². The van der Waals surface area contributed by atoms with Gasteiger partial charge in [0, 0.05) is 26.8 Å². The molecule has 3 N–H and O–H groups in total. The van der Waals surface area contributed by atoms with Crippen molar-refractivity contribution in [1.82, 2.24) is 14.7 Å². The quantitative estimate of drug-likeness (QED) is 0.773. The number of carbonyl (C=O) groups is 2. The Morgan fingerprint density at radius 3 is 2.48 bits per heavy atom. The van der Waals surface area contributed by atoms with Crippen LogP contribution in [0.3, 0.4) is 0 Å². The Bertz CT molecular complexity index is 483. The highest BCUT2D eigenvalue weighted by atomic mass is 16.2. The second-order valence-electron chi connectivity index (χ2n) is 5.36. The van der Waals surface area contributed by atoms with Crippen LogP contribution in [0, 0.1) is 5.41 Å². The highest BCUT2D eigenvalue weighted by Crippen LogP contribution is 2.26. The fourth-order valence-electron chi connectivity index (χ4n) is 2.01. The zero-order valence-corrected chi connectivity index (χ0v) is 13.2. The molecule has 1 rings (SSSR count). The van der Waals surface area contributed by atoms with Crippen molar-refractivity contribution in [3.05, 3.63) is 12.4 Å². The van der Waals surface area contributed by atoms with Crippen LogP contribution >= 0.6 is 0 Å². The number of amides is 2. The fraction of sp³-hybridized carbons (Fsp3) is 0.643. The number of likely N-dealkylation sites (N-methyl/N-ethyl adjacent to an activating group) is 1. The largest absolute Gasteiger partial charge is 0.347 e. The van der Waals surface area contributed by atoms with Crippen LogP contribution in [0.2, 0.25) is 0 Å². The van der Waals surface area contributed by atoms with Crippen LogP contribution in [0.15, 0.2) is 12.4 Å². The standard InChI is InChI=1S/C14H25N5O2/c1-5-14(6-2,10-15)13(21)17-11-7-16-19(8-11)9-12(20)18(3)4/h7-8H,5-6,9-10,15H2,1-4H3,(H,17,21). The first-order valence-electron chi connectivity index (χ1n) is 7.12. The van der Waals surface area contributed by atoms with E-state index < -0.39 is 5.41 Å². The molecule has 2 amide bonds. The van der Waals surface area contributed by atoms with Crippen molar-refractivity contribution in [1.29, 1.82) is 0 Å². The zero-order chi connectivity index (χ0) is 16.0. The first-order chi connectivity index (χ1) is 9.88. The summed E-state index contributed by atoms with van der Waals surface area (Å²) >= 11 is 0. The number of aromatic nitrogens is 2. The summed E-state index contributed by atoms with van der Waals surface area (Å²) in [6, 6.07) is 0. The van der Waals surface area contributed by atoms with Gasteiger partial charge in [-0.15, -0.1) is 0 Å². The Hall–Kier alpha value is -1.89. The molecule has 0 unspecified atom stereocenters. The Labute approximate surface area is 125 Å². The van der Waals surface area contributed by atoms with E-state index in [2.05, 4.69) is 10.4 Å². The maximum atomic E-state index is 12.4. The van der Waals surface area contributed by atoms with Crippen LogP contribution in [-0.2, 0) is 16.1 Å². The average Bonchev–Trinajstić information content (AvgIpc) is 2.88. The van der Waals surface area contributed by atoms with E-state index in [4.69, 9.17) is 5.73 Å². The Morgan fingerprint density at radius 2 is 2.00 bits per heavy atom. The summed E-state index contributed by atoms with van der Waals surface area (Å²) in [4.78, 5) is 25.5. The second-order valence-corrected chi connectivity index (χ2v) is 5.36. The van der Waals surface area contributed by atoms with Gasteiger partial charge in [-0.25, -0.2) is 0 Å². The highest BCUT2D eigenvalue weighted by molar-refractivity contribution is 5.95. The molecule has 0 radical (unpaired) electrons. The Balaban J connectivity index is 2.74. The van der Waals surface area contributed by atoms with E-state index in [9.17, 15) is 9.59 Å². The van der Waals surface area contributed by atoms with E-state index >= 15 is 0 Å². The van der Waals surface area contributed by atoms with Crippen LogP contribution in [0.25, 0.3) is 0 Å². The van der Waals surface area contributed by atoms with Gasteiger partial charge in [-0.3, -0.25) is 14.3 Å². The van der Waals surface area contributed by atoms with E-state index in [-0.39, 0.29) is 18.4 Å². The Morgan fingerprint density at radius 1 is 1.38 bits per heavy atom. The Kier molecular flexibility index (Phi) is 5.90. The van der Waals surface area contributed by atoms with Gasteiger partial charge >= 0.3 is 0 Å². The molecule has 0 bridgehead atoms. The minimum atomic E-state index is -0.554. The lowest BCUT2D eigenvalue weighted by Crippen LogP contribution is -2.41. The van der Waals surface area contributed by atoms with Crippen molar-refractivity contribution in [2.24, 2.45) is 11.1 Å². The first kappa shape index (κ1) is 17.2. The highest BCUT2D eigenvalue weighted by Gasteiger charge is 2.33. The molecule has 0 aliphatic carbocycles. The molecule has 0 aromatic carbocycles. The third-order valence-corrected chi connectivity index (χ3v) is 3.91. The van der Waals surface area contributed by atoms with Crippen molar-refractivity contribution >= 4 is 17.5 Å². The van der Waals surface area contributed by atoms with Gasteiger partial charge in [0.15, 0.2) is 0 Å². The molecule has 0 spiro atoms. The van der Waals surface area contributed by atoms with Gasteiger partial charge in [0.1, 0.15) is 6.54 Å². The first-order valence-corrected chi connectivity index (χ1v) is 7.12. The number of nitrogens with two attached hydrogens (primary N) is 1. The molecule has 1 aromatic heterocycles. The molecule has 0 saturated heterocycles. The topological polar surface area (TPSA) is 93.2 Å². The normalized spacial score (nSPS) is 11.3. The lowest BCUT2D eigenvalue weighted by atomic mass is 9.81. The minimum absolute atomic E-state index is 0.0607. The summed E-state index contributed by atoms with van der Waals surface area (Å²) in [6.45, 7) is 4.36. The molecule has 0 fully saturated rings. The van der Waals surface area contributed by atoms with Crippen molar-refractivity contribution in [2.75, 3.05) is 26.0 Å². The van der Waals surface area contributed by atoms with Crippen LogP contribution in [0.4, 0.5) is 5.69 Å². The molecule has 1 heterocycles. The third-order valence-electron chi connectivity index (χ3n) is 3.91. The van der Waals surface area contributed by atoms with Crippen LogP contribution < -0.4 is 11.1 Å². The predicted molar refractivity (Wildman–Crippen MR) is 81.6 cm³/mol. The average molecular weight is 295 g/mol. The van der Waals surface area contributed by atoms with E-state index in [1.165, 1.54) is 15.8 Å². The molecule has 7 heteroatoms. The number of rotatable bonds is 7. The minimum Gasteiger partial charge on any atom is -0.347 e. The number of anilines is 1. The summed E-state index contributed by atoms with van der Waals surface area (Å²) in [5.41, 5.74) is 5.78. The van der Waals surface area contributed by atoms with Crippen molar-refractivity contribution in [2.45, 2.75) is 33.2 Å². The molecule has 0 aliphatic rings. The lowest BCUT2D eigenvalue weighted by Gasteiger charge is -2.28. The zero-order valence-electron chi connectivity index (χ0n) is 13.2. The fourth-order valence-corrected chi connectivity index (χ4v) is 2.01. The van der Waals surface area contributed by atoms with E-state index in [1.807, 2.05) is 13.8 Å². The van der Waals surface area contributed by atoms with Crippen molar-refractivity contribution in [3.63, 3.8) is 0 Å². The summed E-state index contributed by atoms with van der Waals surface area (Å²) < 4.78 is 1.50. The molecule has 0 atom stereocenters. The monoisotopic (exact) mass is 295 g/mol. The summed E-state index contributed by atoms with van der Waals surface area (Å²) in [7, 11) is 3.37. The summed E-state index contributed by atoms with van der Waals surface area (Å²) in [6.07, 6.45) is 4.54. The third kappa shape index (κ3) is 4.04. The second kappa shape index (κ2) is 7.21. The molecule has 1 aromatic rings. The lowest BCUT2D eigenvalue weighted by molar-refractivity contribution is -0.129. The van der Waals surface area contributed by atoms with Gasteiger partial charge in [-0.1, -0.05) is 13.8 Å². The van der Waals surface area contributed by atoms with Crippen LogP contribution in [0.5, 0.6) is 0 Å². The van der Waals surface area contributed by atoms with Gasteiger partial charge in [0.2, 0.25) is 11.8 Å². The molecule has 0 saturated carbocycles. The maximum Gasteiger partial charge on any atom is 0.243 e. The van der Waals surface area contributed by atoms with Crippen molar-refractivity contribution in [3.8, 4) is 0 Å². The molecule has 0 aliphatic heterocycles. The van der Waals surface area contributed by atoms with E-state index in [0.29, 0.717) is 25.1 Å². The smallest absolute Gasteiger partial charge is 0.243 e. The van der Waals surface area contributed by atoms with Crippen LogP contribution in [0.1, 0.15) is 26.7 Å². The van der Waals surface area contributed by atoms with Gasteiger partial charge < -0.3 is 16.0 Å². The van der Waals surface area contributed by atoms with Crippen molar-refractivity contribution < 1.29 is 9.59 Å². The number of nitrogens with one attached hydrogen (secondary N) is 1. The van der Waals surface area contributed by atoms with Crippen LogP contribution in [-0.4, -0.2) is 47.1 Å². The van der Waals surface area contributed by atoms with Gasteiger partial charge in [-0.2, -0.15) is 5.10 Å². The van der Waals surface area contributed by atoms with Gasteiger partial charge in [-0.05, 0) is 12.8 Å². The molecule has 21 heavy (non-hydrogen) atoms. The SMILES string of the molecule is CCC(CC)(CN)C(=O)Nc1cnn(CC(=O)N(C)C)c1. The summed E-state index contributed by atoms with van der Waals surface area (Å²) in [5.74, 6) is -0.164. The molecule has 7 nitrogen and oxygen atoms in total. The molecular weight excluding hydrogens is 270 g/mol. The number of hydrogen-bond donors (Lipinski definition) is 2. The summed E-state index contributed by atoms with van der Waals surface area (Å²) in [5, 5.41) is 6.91.